The second kappa shape index (κ2) is 5.58. The van der Waals surface area contributed by atoms with Gasteiger partial charge in [-0.15, -0.1) is 0 Å². The smallest absolute Gasteiger partial charge is 0.323 e. The number of aromatic amines is 2. The van der Waals surface area contributed by atoms with E-state index in [0.717, 1.165) is 0 Å². The third-order valence-electron chi connectivity index (χ3n) is 2.86. The summed E-state index contributed by atoms with van der Waals surface area (Å²) in [6.45, 7) is 0. The molecule has 0 saturated carbocycles. The molecular formula is C12H13BrN2O4. The molecule has 0 spiro atoms. The zero-order valence-corrected chi connectivity index (χ0v) is 11.5. The number of halogens is 1. The van der Waals surface area contributed by atoms with E-state index < -0.39 is 12.1 Å². The second-order valence-corrected chi connectivity index (χ2v) is 5.15. The van der Waals surface area contributed by atoms with E-state index in [9.17, 15) is 14.7 Å². The first-order valence-corrected chi connectivity index (χ1v) is 6.58. The number of carbonyl (C=O) groups is 1. The Bertz CT molecular complexity index is 661. The summed E-state index contributed by atoms with van der Waals surface area (Å²) in [5, 5.41) is 18.6. The van der Waals surface area contributed by atoms with E-state index in [4.69, 9.17) is 5.11 Å². The number of carboxylic acid groups (broad SMARTS) is 1. The summed E-state index contributed by atoms with van der Waals surface area (Å²) in [7, 11) is 0. The Labute approximate surface area is 116 Å². The lowest BCUT2D eigenvalue weighted by molar-refractivity contribution is -0.137. The Morgan fingerprint density at radius 1 is 1.32 bits per heavy atom. The van der Waals surface area contributed by atoms with E-state index in [1.165, 1.54) is 0 Å². The van der Waals surface area contributed by atoms with Crippen LogP contribution in [0.4, 0.5) is 0 Å². The molecule has 2 rings (SSSR count). The van der Waals surface area contributed by atoms with E-state index in [1.807, 2.05) is 0 Å². The van der Waals surface area contributed by atoms with Crippen LogP contribution in [0.3, 0.4) is 0 Å². The van der Waals surface area contributed by atoms with Gasteiger partial charge < -0.3 is 20.2 Å². The molecule has 1 aromatic carbocycles. The predicted molar refractivity (Wildman–Crippen MR) is 73.1 cm³/mol. The number of hydrogen-bond donors (Lipinski definition) is 4. The highest BCUT2D eigenvalue weighted by atomic mass is 79.9. The molecule has 0 radical (unpaired) electrons. The predicted octanol–water partition coefficient (Wildman–Crippen LogP) is 1.91. The number of carboxylic acids is 1. The fraction of sp³-hybridized carbons (Fsp3) is 0.333. The van der Waals surface area contributed by atoms with Gasteiger partial charge in [-0.1, -0.05) is 15.9 Å². The van der Waals surface area contributed by atoms with Gasteiger partial charge >= 0.3 is 11.7 Å². The molecule has 7 heteroatoms. The maximum Gasteiger partial charge on any atom is 0.323 e. The van der Waals surface area contributed by atoms with Crippen LogP contribution in [-0.4, -0.2) is 26.2 Å². The SMILES string of the molecule is O=C(O)CCC[C@H](O)c1cc2[nH]c(=O)[nH]c2cc1Br. The molecule has 19 heavy (non-hydrogen) atoms. The highest BCUT2D eigenvalue weighted by Gasteiger charge is 2.14. The van der Waals surface area contributed by atoms with E-state index >= 15 is 0 Å². The quantitative estimate of drug-likeness (QED) is 0.672. The van der Waals surface area contributed by atoms with Crippen molar-refractivity contribution >= 4 is 32.9 Å². The summed E-state index contributed by atoms with van der Waals surface area (Å²) in [6, 6.07) is 3.39. The van der Waals surface area contributed by atoms with Gasteiger partial charge in [0.15, 0.2) is 0 Å². The van der Waals surface area contributed by atoms with Crippen LogP contribution in [0.5, 0.6) is 0 Å². The third kappa shape index (κ3) is 3.24. The highest BCUT2D eigenvalue weighted by Crippen LogP contribution is 2.29. The zero-order chi connectivity index (χ0) is 14.0. The molecule has 0 aliphatic rings. The molecule has 0 unspecified atom stereocenters. The highest BCUT2D eigenvalue weighted by molar-refractivity contribution is 9.10. The van der Waals surface area contributed by atoms with Gasteiger partial charge in [0.1, 0.15) is 0 Å². The largest absolute Gasteiger partial charge is 0.481 e. The van der Waals surface area contributed by atoms with Gasteiger partial charge in [0.05, 0.1) is 17.1 Å². The maximum absolute atomic E-state index is 11.2. The van der Waals surface area contributed by atoms with Crippen molar-refractivity contribution < 1.29 is 15.0 Å². The van der Waals surface area contributed by atoms with Crippen molar-refractivity contribution in [2.45, 2.75) is 25.4 Å². The average molecular weight is 329 g/mol. The first kappa shape index (κ1) is 13.8. The lowest BCUT2D eigenvalue weighted by atomic mass is 10.0. The van der Waals surface area contributed by atoms with Crippen molar-refractivity contribution in [2.24, 2.45) is 0 Å². The van der Waals surface area contributed by atoms with Crippen molar-refractivity contribution in [1.82, 2.24) is 9.97 Å². The third-order valence-corrected chi connectivity index (χ3v) is 3.55. The minimum absolute atomic E-state index is 0.0257. The second-order valence-electron chi connectivity index (χ2n) is 4.30. The number of aliphatic hydroxyl groups excluding tert-OH is 1. The van der Waals surface area contributed by atoms with E-state index in [2.05, 4.69) is 25.9 Å². The molecule has 6 nitrogen and oxygen atoms in total. The monoisotopic (exact) mass is 328 g/mol. The van der Waals surface area contributed by atoms with E-state index in [-0.39, 0.29) is 12.1 Å². The summed E-state index contributed by atoms with van der Waals surface area (Å²) < 4.78 is 0.679. The molecule has 2 aromatic rings. The molecule has 0 fully saturated rings. The summed E-state index contributed by atoms with van der Waals surface area (Å²) in [5.74, 6) is -0.878. The van der Waals surface area contributed by atoms with Gasteiger partial charge in [-0.3, -0.25) is 4.79 Å². The summed E-state index contributed by atoms with van der Waals surface area (Å²) in [6.07, 6.45) is 0.00433. The number of benzene rings is 1. The van der Waals surface area contributed by atoms with Gasteiger partial charge in [0.2, 0.25) is 0 Å². The molecule has 0 aliphatic carbocycles. The lowest BCUT2D eigenvalue weighted by Crippen LogP contribution is -2.01. The van der Waals surface area contributed by atoms with Gasteiger partial charge in [0, 0.05) is 10.9 Å². The molecule has 102 valence electrons. The van der Waals surface area contributed by atoms with E-state index in [1.54, 1.807) is 12.1 Å². The number of aliphatic hydroxyl groups is 1. The standard InChI is InChI=1S/C12H13BrN2O4/c13-7-5-9-8(14-12(19)15-9)4-6(7)10(16)2-1-3-11(17)18/h4-5,10,16H,1-3H2,(H,17,18)(H2,14,15,19)/t10-/m0/s1. The number of aromatic nitrogens is 2. The molecule has 0 aliphatic heterocycles. The van der Waals surface area contributed by atoms with Crippen molar-refractivity contribution in [3.63, 3.8) is 0 Å². The van der Waals surface area contributed by atoms with Gasteiger partial charge in [0.25, 0.3) is 0 Å². The van der Waals surface area contributed by atoms with Gasteiger partial charge in [-0.05, 0) is 30.5 Å². The summed E-state index contributed by atoms with van der Waals surface area (Å²) in [4.78, 5) is 26.8. The topological polar surface area (TPSA) is 106 Å². The van der Waals surface area contributed by atoms with Crippen LogP contribution in [0, 0.1) is 0 Å². The summed E-state index contributed by atoms with van der Waals surface area (Å²) in [5.41, 5.74) is 1.59. The van der Waals surface area contributed by atoms with Crippen LogP contribution in [0.15, 0.2) is 21.4 Å². The Kier molecular flexibility index (Phi) is 4.06. The van der Waals surface area contributed by atoms with Crippen LogP contribution in [0.25, 0.3) is 11.0 Å². The molecule has 0 amide bonds. The number of fused-ring (bicyclic) bond motifs is 1. The van der Waals surface area contributed by atoms with Crippen LogP contribution in [0.2, 0.25) is 0 Å². The minimum atomic E-state index is -0.878. The van der Waals surface area contributed by atoms with Crippen LogP contribution < -0.4 is 5.69 Å². The van der Waals surface area contributed by atoms with Crippen LogP contribution in [-0.2, 0) is 4.79 Å². The number of H-pyrrole nitrogens is 2. The van der Waals surface area contributed by atoms with E-state index in [0.29, 0.717) is 33.9 Å². The lowest BCUT2D eigenvalue weighted by Gasteiger charge is -2.12. The number of rotatable bonds is 5. The fourth-order valence-electron chi connectivity index (χ4n) is 1.93. The molecule has 4 N–H and O–H groups in total. The average Bonchev–Trinajstić information content (AvgIpc) is 2.66. The molecule has 0 bridgehead atoms. The Morgan fingerprint density at radius 3 is 2.58 bits per heavy atom. The number of aliphatic carboxylic acids is 1. The molecule has 1 atom stereocenters. The minimum Gasteiger partial charge on any atom is -0.481 e. The molecule has 1 aromatic heterocycles. The molecule has 1 heterocycles. The number of hydrogen-bond acceptors (Lipinski definition) is 3. The Morgan fingerprint density at radius 2 is 1.95 bits per heavy atom. The van der Waals surface area contributed by atoms with Crippen molar-refractivity contribution in [2.75, 3.05) is 0 Å². The number of nitrogens with one attached hydrogen (secondary N) is 2. The molecule has 0 saturated heterocycles. The fourth-order valence-corrected chi connectivity index (χ4v) is 2.54. The maximum atomic E-state index is 11.2. The van der Waals surface area contributed by atoms with Crippen molar-refractivity contribution in [1.29, 1.82) is 0 Å². The Hall–Kier alpha value is -1.60. The molecular weight excluding hydrogens is 316 g/mol. The van der Waals surface area contributed by atoms with Crippen molar-refractivity contribution in [3.8, 4) is 0 Å². The van der Waals surface area contributed by atoms with Crippen molar-refractivity contribution in [3.05, 3.63) is 32.7 Å². The Balaban J connectivity index is 2.20. The first-order chi connectivity index (χ1) is 8.97. The summed E-state index contributed by atoms with van der Waals surface area (Å²) >= 11 is 3.34. The van der Waals surface area contributed by atoms with Crippen LogP contribution >= 0.6 is 15.9 Å². The normalized spacial score (nSPS) is 12.7. The van der Waals surface area contributed by atoms with Gasteiger partial charge in [-0.2, -0.15) is 0 Å². The first-order valence-electron chi connectivity index (χ1n) is 5.78. The zero-order valence-electron chi connectivity index (χ0n) is 9.94. The van der Waals surface area contributed by atoms with Gasteiger partial charge in [-0.25, -0.2) is 4.79 Å². The number of imidazole rings is 1. The van der Waals surface area contributed by atoms with Crippen LogP contribution in [0.1, 0.15) is 30.9 Å².